The van der Waals surface area contributed by atoms with E-state index in [1.165, 1.54) is 32.4 Å². The number of halogens is 1. The zero-order valence-corrected chi connectivity index (χ0v) is 10.8. The monoisotopic (exact) mass is 254 g/mol. The minimum absolute atomic E-state index is 0.451. The van der Waals surface area contributed by atoms with Gasteiger partial charge in [0.15, 0.2) is 0 Å². The molecule has 0 N–H and O–H groups in total. The quantitative estimate of drug-likeness (QED) is 0.756. The normalized spacial score (nSPS) is 17.0. The van der Waals surface area contributed by atoms with Crippen LogP contribution in [0.1, 0.15) is 24.8 Å². The molecule has 1 aliphatic heterocycles. The molecule has 4 heteroatoms. The van der Waals surface area contributed by atoms with E-state index in [0.29, 0.717) is 18.4 Å². The number of pyridine rings is 1. The number of alkyl halides is 1. The van der Waals surface area contributed by atoms with E-state index in [4.69, 9.17) is 16.3 Å². The third-order valence-electron chi connectivity index (χ3n) is 3.09. The SMILES string of the molecule is ClCc1cccnc1OCCN1CCCCC1. The average molecular weight is 255 g/mol. The van der Waals surface area contributed by atoms with Crippen LogP contribution in [0.5, 0.6) is 5.88 Å². The number of aromatic nitrogens is 1. The Morgan fingerprint density at radius 2 is 2.12 bits per heavy atom. The summed E-state index contributed by atoms with van der Waals surface area (Å²) in [6.07, 6.45) is 5.74. The zero-order chi connectivity index (χ0) is 11.9. The maximum absolute atomic E-state index is 5.83. The van der Waals surface area contributed by atoms with Gasteiger partial charge in [0, 0.05) is 18.3 Å². The first-order valence-electron chi connectivity index (χ1n) is 6.25. The minimum atomic E-state index is 0.451. The van der Waals surface area contributed by atoms with Crippen molar-refractivity contribution < 1.29 is 4.74 Å². The van der Waals surface area contributed by atoms with Gasteiger partial charge in [0.05, 0.1) is 5.88 Å². The van der Waals surface area contributed by atoms with Crippen molar-refractivity contribution in [1.29, 1.82) is 0 Å². The van der Waals surface area contributed by atoms with Crippen LogP contribution < -0.4 is 4.74 Å². The molecule has 0 bridgehead atoms. The number of piperidine rings is 1. The second kappa shape index (κ2) is 6.82. The van der Waals surface area contributed by atoms with Crippen LogP contribution in [0.15, 0.2) is 18.3 Å². The van der Waals surface area contributed by atoms with E-state index >= 15 is 0 Å². The first kappa shape index (κ1) is 12.7. The lowest BCUT2D eigenvalue weighted by atomic mass is 10.1. The number of nitrogens with zero attached hydrogens (tertiary/aromatic N) is 2. The molecule has 0 saturated carbocycles. The van der Waals surface area contributed by atoms with E-state index in [0.717, 1.165) is 12.1 Å². The van der Waals surface area contributed by atoms with Gasteiger partial charge in [-0.25, -0.2) is 4.98 Å². The van der Waals surface area contributed by atoms with Gasteiger partial charge in [-0.1, -0.05) is 12.5 Å². The Kier molecular flexibility index (Phi) is 5.08. The van der Waals surface area contributed by atoms with Crippen LogP contribution in [-0.4, -0.2) is 36.1 Å². The summed E-state index contributed by atoms with van der Waals surface area (Å²) in [5.74, 6) is 1.13. The van der Waals surface area contributed by atoms with Crippen LogP contribution in [0, 0.1) is 0 Å². The largest absolute Gasteiger partial charge is 0.476 e. The fraction of sp³-hybridized carbons (Fsp3) is 0.615. The molecule has 2 heterocycles. The van der Waals surface area contributed by atoms with Crippen LogP contribution in [-0.2, 0) is 5.88 Å². The molecule has 0 radical (unpaired) electrons. The lowest BCUT2D eigenvalue weighted by Crippen LogP contribution is -2.33. The number of hydrogen-bond donors (Lipinski definition) is 0. The summed E-state index contributed by atoms with van der Waals surface area (Å²) in [7, 11) is 0. The van der Waals surface area contributed by atoms with Gasteiger partial charge in [0.1, 0.15) is 6.61 Å². The van der Waals surface area contributed by atoms with E-state index in [1.807, 2.05) is 12.1 Å². The molecular weight excluding hydrogens is 236 g/mol. The predicted octanol–water partition coefficient (Wildman–Crippen LogP) is 2.69. The maximum atomic E-state index is 5.83. The Balaban J connectivity index is 1.77. The summed E-state index contributed by atoms with van der Waals surface area (Å²) < 4.78 is 5.69. The molecular formula is C13H19ClN2O. The van der Waals surface area contributed by atoms with E-state index < -0.39 is 0 Å². The Morgan fingerprint density at radius 1 is 1.29 bits per heavy atom. The van der Waals surface area contributed by atoms with Crippen LogP contribution in [0.4, 0.5) is 0 Å². The summed E-state index contributed by atoms with van der Waals surface area (Å²) in [6, 6.07) is 3.84. The van der Waals surface area contributed by atoms with Crippen LogP contribution >= 0.6 is 11.6 Å². The van der Waals surface area contributed by atoms with Gasteiger partial charge in [0.2, 0.25) is 5.88 Å². The second-order valence-corrected chi connectivity index (χ2v) is 4.62. The van der Waals surface area contributed by atoms with E-state index in [2.05, 4.69) is 9.88 Å². The first-order valence-corrected chi connectivity index (χ1v) is 6.78. The first-order chi connectivity index (χ1) is 8.40. The number of hydrogen-bond acceptors (Lipinski definition) is 3. The van der Waals surface area contributed by atoms with Gasteiger partial charge in [0.25, 0.3) is 0 Å². The molecule has 0 aliphatic carbocycles. The van der Waals surface area contributed by atoms with Crippen molar-refractivity contribution in [3.05, 3.63) is 23.9 Å². The number of ether oxygens (including phenoxy) is 1. The van der Waals surface area contributed by atoms with E-state index in [-0.39, 0.29) is 0 Å². The summed E-state index contributed by atoms with van der Waals surface area (Å²) in [4.78, 5) is 6.66. The second-order valence-electron chi connectivity index (χ2n) is 4.35. The molecule has 0 aromatic carbocycles. The van der Waals surface area contributed by atoms with Crippen molar-refractivity contribution in [1.82, 2.24) is 9.88 Å². The molecule has 94 valence electrons. The highest BCUT2D eigenvalue weighted by atomic mass is 35.5. The highest BCUT2D eigenvalue weighted by Crippen LogP contribution is 2.16. The highest BCUT2D eigenvalue weighted by molar-refractivity contribution is 6.17. The van der Waals surface area contributed by atoms with Gasteiger partial charge in [-0.05, 0) is 32.0 Å². The Hall–Kier alpha value is -0.800. The molecule has 2 rings (SSSR count). The topological polar surface area (TPSA) is 25.4 Å². The van der Waals surface area contributed by atoms with Crippen molar-refractivity contribution >= 4 is 11.6 Å². The number of likely N-dealkylation sites (tertiary alicyclic amines) is 1. The van der Waals surface area contributed by atoms with Crippen molar-refractivity contribution in [3.63, 3.8) is 0 Å². The Morgan fingerprint density at radius 3 is 2.88 bits per heavy atom. The Labute approximate surface area is 108 Å². The minimum Gasteiger partial charge on any atom is -0.476 e. The summed E-state index contributed by atoms with van der Waals surface area (Å²) in [5, 5.41) is 0. The third kappa shape index (κ3) is 3.86. The summed E-state index contributed by atoms with van der Waals surface area (Å²) in [6.45, 7) is 4.08. The lowest BCUT2D eigenvalue weighted by Gasteiger charge is -2.26. The van der Waals surface area contributed by atoms with Gasteiger partial charge < -0.3 is 4.74 Å². The average Bonchev–Trinajstić information content (AvgIpc) is 2.40. The number of rotatable bonds is 5. The molecule has 1 aromatic heterocycles. The molecule has 0 unspecified atom stereocenters. The Bertz CT molecular complexity index is 340. The summed E-state index contributed by atoms with van der Waals surface area (Å²) >= 11 is 5.83. The fourth-order valence-corrected chi connectivity index (χ4v) is 2.31. The van der Waals surface area contributed by atoms with Crippen LogP contribution in [0.25, 0.3) is 0 Å². The summed E-state index contributed by atoms with van der Waals surface area (Å²) in [5.41, 5.74) is 0.966. The lowest BCUT2D eigenvalue weighted by molar-refractivity contribution is 0.180. The van der Waals surface area contributed by atoms with Gasteiger partial charge in [-0.2, -0.15) is 0 Å². The van der Waals surface area contributed by atoms with E-state index in [9.17, 15) is 0 Å². The molecule has 3 nitrogen and oxygen atoms in total. The highest BCUT2D eigenvalue weighted by Gasteiger charge is 2.10. The van der Waals surface area contributed by atoms with Crippen LogP contribution in [0.2, 0.25) is 0 Å². The predicted molar refractivity (Wildman–Crippen MR) is 69.6 cm³/mol. The van der Waals surface area contributed by atoms with Gasteiger partial charge in [-0.15, -0.1) is 11.6 Å². The molecule has 1 aromatic rings. The molecule has 0 amide bonds. The van der Waals surface area contributed by atoms with Crippen molar-refractivity contribution in [2.45, 2.75) is 25.1 Å². The molecule has 0 atom stereocenters. The van der Waals surface area contributed by atoms with Crippen LogP contribution in [0.3, 0.4) is 0 Å². The third-order valence-corrected chi connectivity index (χ3v) is 3.38. The van der Waals surface area contributed by atoms with Gasteiger partial charge in [-0.3, -0.25) is 4.90 Å². The van der Waals surface area contributed by atoms with E-state index in [1.54, 1.807) is 6.20 Å². The smallest absolute Gasteiger partial charge is 0.217 e. The molecule has 1 aliphatic rings. The van der Waals surface area contributed by atoms with Crippen molar-refractivity contribution in [2.75, 3.05) is 26.2 Å². The van der Waals surface area contributed by atoms with Gasteiger partial charge >= 0.3 is 0 Å². The molecule has 1 fully saturated rings. The van der Waals surface area contributed by atoms with Crippen molar-refractivity contribution in [3.8, 4) is 5.88 Å². The molecule has 1 saturated heterocycles. The maximum Gasteiger partial charge on any atom is 0.217 e. The standard InChI is InChI=1S/C13H19ClN2O/c14-11-12-5-4-6-15-13(12)17-10-9-16-7-2-1-3-8-16/h4-6H,1-3,7-11H2. The molecule has 0 spiro atoms. The fourth-order valence-electron chi connectivity index (χ4n) is 2.11. The molecule has 17 heavy (non-hydrogen) atoms. The van der Waals surface area contributed by atoms with Crippen molar-refractivity contribution in [2.24, 2.45) is 0 Å². The zero-order valence-electron chi connectivity index (χ0n) is 10.1.